The number of methoxy groups -OCH3 is 1. The van der Waals surface area contributed by atoms with Gasteiger partial charge in [-0.3, -0.25) is 4.90 Å². The largest absolute Gasteiger partial charge is 0.497 e. The highest BCUT2D eigenvalue weighted by atomic mass is 16.5. The third kappa shape index (κ3) is 3.51. The van der Waals surface area contributed by atoms with Crippen molar-refractivity contribution in [3.8, 4) is 5.75 Å². The zero-order chi connectivity index (χ0) is 19.9. The fourth-order valence-electron chi connectivity index (χ4n) is 3.98. The summed E-state index contributed by atoms with van der Waals surface area (Å²) in [5.74, 6) is 1.85. The average Bonchev–Trinajstić information content (AvgIpc) is 3.03. The molecule has 0 saturated carbocycles. The molecule has 148 valence electrons. The van der Waals surface area contributed by atoms with Crippen LogP contribution in [0.4, 0.5) is 0 Å². The number of hydrogen-bond donors (Lipinski definition) is 0. The first kappa shape index (κ1) is 18.9. The van der Waals surface area contributed by atoms with Gasteiger partial charge in [0.15, 0.2) is 0 Å². The lowest BCUT2D eigenvalue weighted by atomic mass is 9.95. The highest BCUT2D eigenvalue weighted by Gasteiger charge is 2.23. The summed E-state index contributed by atoms with van der Waals surface area (Å²) >= 11 is 0. The Bertz CT molecular complexity index is 1000. The maximum absolute atomic E-state index is 5.46. The molecular formula is C23H30N4O. The van der Waals surface area contributed by atoms with Gasteiger partial charge in [0, 0.05) is 72.6 Å². The van der Waals surface area contributed by atoms with E-state index in [1.54, 1.807) is 7.11 Å². The average molecular weight is 379 g/mol. The number of nitrogens with zero attached hydrogens (tertiary/aromatic N) is 4. The molecule has 0 fully saturated rings. The first-order valence-corrected chi connectivity index (χ1v) is 10.1. The van der Waals surface area contributed by atoms with Crippen LogP contribution in [0.15, 0.2) is 30.6 Å². The Morgan fingerprint density at radius 3 is 2.75 bits per heavy atom. The molecule has 3 aromatic rings. The molecule has 0 radical (unpaired) electrons. The van der Waals surface area contributed by atoms with Gasteiger partial charge >= 0.3 is 0 Å². The first-order chi connectivity index (χ1) is 13.4. The molecule has 0 N–H and O–H groups in total. The molecule has 1 aromatic carbocycles. The summed E-state index contributed by atoms with van der Waals surface area (Å²) in [4.78, 5) is 12.0. The summed E-state index contributed by atoms with van der Waals surface area (Å²) in [5.41, 5.74) is 5.10. The Labute approximate surface area is 167 Å². The monoisotopic (exact) mass is 378 g/mol. The minimum absolute atomic E-state index is 0.00674. The van der Waals surface area contributed by atoms with Gasteiger partial charge < -0.3 is 9.30 Å². The second-order valence-electron chi connectivity index (χ2n) is 8.70. The van der Waals surface area contributed by atoms with Crippen LogP contribution >= 0.6 is 0 Å². The molecule has 2 aromatic heterocycles. The van der Waals surface area contributed by atoms with E-state index >= 15 is 0 Å². The minimum Gasteiger partial charge on any atom is -0.497 e. The van der Waals surface area contributed by atoms with Crippen LogP contribution < -0.4 is 4.74 Å². The summed E-state index contributed by atoms with van der Waals surface area (Å²) < 4.78 is 7.78. The van der Waals surface area contributed by atoms with E-state index in [0.29, 0.717) is 0 Å². The summed E-state index contributed by atoms with van der Waals surface area (Å²) in [7, 11) is 1.73. The fourth-order valence-corrected chi connectivity index (χ4v) is 3.98. The molecule has 28 heavy (non-hydrogen) atoms. The summed E-state index contributed by atoms with van der Waals surface area (Å²) in [6, 6.07) is 6.36. The van der Waals surface area contributed by atoms with Crippen LogP contribution in [0.1, 0.15) is 50.3 Å². The van der Waals surface area contributed by atoms with E-state index in [0.717, 1.165) is 44.2 Å². The van der Waals surface area contributed by atoms with Gasteiger partial charge in [-0.05, 0) is 30.7 Å². The number of aromatic nitrogens is 3. The first-order valence-electron chi connectivity index (χ1n) is 10.1. The third-order valence-electron chi connectivity index (χ3n) is 5.59. The van der Waals surface area contributed by atoms with Crippen molar-refractivity contribution in [3.63, 3.8) is 0 Å². The van der Waals surface area contributed by atoms with Gasteiger partial charge in [0.2, 0.25) is 0 Å². The van der Waals surface area contributed by atoms with Gasteiger partial charge in [-0.1, -0.05) is 20.8 Å². The van der Waals surface area contributed by atoms with Crippen molar-refractivity contribution in [2.24, 2.45) is 0 Å². The molecule has 0 amide bonds. The molecule has 0 spiro atoms. The van der Waals surface area contributed by atoms with Crippen molar-refractivity contribution < 1.29 is 4.74 Å². The lowest BCUT2D eigenvalue weighted by Gasteiger charge is -2.29. The molecule has 1 aliphatic rings. The quantitative estimate of drug-likeness (QED) is 0.678. The van der Waals surface area contributed by atoms with Crippen LogP contribution in [0.25, 0.3) is 10.9 Å². The van der Waals surface area contributed by atoms with Gasteiger partial charge in [-0.25, -0.2) is 9.97 Å². The summed E-state index contributed by atoms with van der Waals surface area (Å²) in [5, 5.41) is 1.28. The lowest BCUT2D eigenvalue weighted by Crippen LogP contribution is -2.31. The van der Waals surface area contributed by atoms with E-state index in [4.69, 9.17) is 9.72 Å². The summed E-state index contributed by atoms with van der Waals surface area (Å²) in [6.45, 7) is 12.5. The van der Waals surface area contributed by atoms with E-state index in [2.05, 4.69) is 60.5 Å². The van der Waals surface area contributed by atoms with Crippen LogP contribution in [0.3, 0.4) is 0 Å². The molecule has 0 aliphatic carbocycles. The lowest BCUT2D eigenvalue weighted by molar-refractivity contribution is 0.243. The van der Waals surface area contributed by atoms with Crippen LogP contribution in [-0.4, -0.2) is 33.1 Å². The number of ether oxygens (including phenoxy) is 1. The van der Waals surface area contributed by atoms with Crippen LogP contribution in [0, 0.1) is 0 Å². The molecule has 0 saturated heterocycles. The molecule has 3 heterocycles. The van der Waals surface area contributed by atoms with E-state index < -0.39 is 0 Å². The van der Waals surface area contributed by atoms with E-state index in [9.17, 15) is 0 Å². The molecule has 5 nitrogen and oxygen atoms in total. The van der Waals surface area contributed by atoms with Gasteiger partial charge in [0.25, 0.3) is 0 Å². The molecular weight excluding hydrogens is 348 g/mol. The molecule has 5 heteroatoms. The zero-order valence-electron chi connectivity index (χ0n) is 17.6. The second kappa shape index (κ2) is 7.21. The minimum atomic E-state index is -0.00674. The van der Waals surface area contributed by atoms with Crippen LogP contribution in [0.2, 0.25) is 0 Å². The third-order valence-corrected chi connectivity index (χ3v) is 5.59. The highest BCUT2D eigenvalue weighted by Crippen LogP contribution is 2.29. The van der Waals surface area contributed by atoms with Crippen molar-refractivity contribution in [3.05, 3.63) is 53.2 Å². The van der Waals surface area contributed by atoms with Crippen molar-refractivity contribution in [1.82, 2.24) is 19.4 Å². The van der Waals surface area contributed by atoms with E-state index in [1.165, 1.54) is 27.7 Å². The normalized spacial score (nSPS) is 15.0. The van der Waals surface area contributed by atoms with E-state index in [1.807, 2.05) is 12.3 Å². The van der Waals surface area contributed by atoms with E-state index in [-0.39, 0.29) is 5.41 Å². The molecule has 0 unspecified atom stereocenters. The number of aryl methyl sites for hydroxylation is 1. The Kier molecular flexibility index (Phi) is 4.88. The predicted molar refractivity (Wildman–Crippen MR) is 113 cm³/mol. The fraction of sp³-hybridized carbons (Fsp3) is 0.478. The Morgan fingerprint density at radius 2 is 2.04 bits per heavy atom. The van der Waals surface area contributed by atoms with Crippen molar-refractivity contribution >= 4 is 10.9 Å². The molecule has 4 rings (SSSR count). The number of hydrogen-bond acceptors (Lipinski definition) is 4. The van der Waals surface area contributed by atoms with Gasteiger partial charge in [-0.15, -0.1) is 0 Å². The Morgan fingerprint density at radius 1 is 1.21 bits per heavy atom. The molecule has 1 aliphatic heterocycles. The number of benzene rings is 1. The molecule has 0 bridgehead atoms. The van der Waals surface area contributed by atoms with Gasteiger partial charge in [-0.2, -0.15) is 0 Å². The topological polar surface area (TPSA) is 43.2 Å². The Balaban J connectivity index is 1.59. The number of rotatable bonds is 4. The Hall–Kier alpha value is -2.40. The predicted octanol–water partition coefficient (Wildman–Crippen LogP) is 4.32. The van der Waals surface area contributed by atoms with Gasteiger partial charge in [0.05, 0.1) is 7.11 Å². The van der Waals surface area contributed by atoms with Crippen molar-refractivity contribution in [1.29, 1.82) is 0 Å². The maximum atomic E-state index is 5.46. The standard InChI is InChI=1S/C23H30N4O/c1-6-27-15-17(19-11-18(28-5)7-8-21(19)27)14-26-10-9-20-16(13-26)12-24-22(25-20)23(2,3)4/h7-8,11-12,15H,6,9-10,13-14H2,1-5H3. The summed E-state index contributed by atoms with van der Waals surface area (Å²) in [6.07, 6.45) is 5.31. The zero-order valence-corrected chi connectivity index (χ0v) is 17.6. The molecule has 0 atom stereocenters. The SMILES string of the molecule is CCn1cc(CN2CCc3nc(C(C)(C)C)ncc3C2)c2cc(OC)ccc21. The van der Waals surface area contributed by atoms with Crippen molar-refractivity contribution in [2.45, 2.75) is 59.2 Å². The number of fused-ring (bicyclic) bond motifs is 2. The van der Waals surface area contributed by atoms with Gasteiger partial charge in [0.1, 0.15) is 11.6 Å². The van der Waals surface area contributed by atoms with Crippen LogP contribution in [-0.2, 0) is 31.5 Å². The second-order valence-corrected chi connectivity index (χ2v) is 8.70. The highest BCUT2D eigenvalue weighted by molar-refractivity contribution is 5.85. The smallest absolute Gasteiger partial charge is 0.133 e. The van der Waals surface area contributed by atoms with Crippen LogP contribution in [0.5, 0.6) is 5.75 Å². The maximum Gasteiger partial charge on any atom is 0.133 e. The van der Waals surface area contributed by atoms with Crippen molar-refractivity contribution in [2.75, 3.05) is 13.7 Å².